The molecule has 2 aromatic carbocycles. The molecule has 2 nitrogen and oxygen atoms in total. The molecule has 0 fully saturated rings. The van der Waals surface area contributed by atoms with Crippen LogP contribution in [0.4, 0.5) is 0 Å². The van der Waals surface area contributed by atoms with Crippen molar-refractivity contribution in [3.05, 3.63) is 115 Å². The second kappa shape index (κ2) is 10.2. The van der Waals surface area contributed by atoms with Gasteiger partial charge in [0.2, 0.25) is 0 Å². The average molecular weight is 504 g/mol. The quantitative estimate of drug-likeness (QED) is 0.200. The molecule has 2 atom stereocenters. The van der Waals surface area contributed by atoms with E-state index in [0.29, 0.717) is 5.92 Å². The van der Waals surface area contributed by atoms with Crippen molar-refractivity contribution < 1.29 is 4.57 Å². The van der Waals surface area contributed by atoms with Crippen LogP contribution in [0.25, 0.3) is 16.8 Å². The van der Waals surface area contributed by atoms with Gasteiger partial charge in [-0.2, -0.15) is 4.57 Å². The molecule has 0 amide bonds. The molecule has 188 valence electrons. The zero-order chi connectivity index (χ0) is 26.2. The Balaban J connectivity index is 1.66. The SMILES string of the molecule is C=CC1=NC2CC(=C)[n+]3cc([Si](C)(C)C)c(-c4ccccc4)cc3CC=C(C)CCC2c2ccccc21. The van der Waals surface area contributed by atoms with Crippen LogP contribution in [-0.2, 0) is 6.42 Å². The minimum atomic E-state index is -1.64. The first-order valence-electron chi connectivity index (χ1n) is 13.5. The van der Waals surface area contributed by atoms with Crippen LogP contribution in [0.15, 0.2) is 103 Å². The fraction of sp³-hybridized carbons (Fsp3) is 0.294. The number of rotatable bonds is 3. The first-order chi connectivity index (χ1) is 17.8. The van der Waals surface area contributed by atoms with Crippen LogP contribution in [0, 0.1) is 0 Å². The maximum atomic E-state index is 5.27. The van der Waals surface area contributed by atoms with Gasteiger partial charge in [-0.3, -0.25) is 4.99 Å². The minimum Gasteiger partial charge on any atom is -0.280 e. The number of fused-ring (bicyclic) bond motifs is 4. The summed E-state index contributed by atoms with van der Waals surface area (Å²) in [5.74, 6) is 0.377. The lowest BCUT2D eigenvalue weighted by molar-refractivity contribution is -0.590. The molecule has 2 aliphatic rings. The van der Waals surface area contributed by atoms with E-state index in [-0.39, 0.29) is 6.04 Å². The summed E-state index contributed by atoms with van der Waals surface area (Å²) in [4.78, 5) is 5.27. The number of nitrogens with zero attached hydrogens (tertiary/aromatic N) is 2. The molecule has 2 aliphatic heterocycles. The Labute approximate surface area is 223 Å². The Kier molecular flexibility index (Phi) is 7.00. The fourth-order valence-electron chi connectivity index (χ4n) is 5.90. The number of hydrogen-bond acceptors (Lipinski definition) is 1. The number of hydrogen-bond donors (Lipinski definition) is 0. The summed E-state index contributed by atoms with van der Waals surface area (Å²) in [6.07, 6.45) is 10.7. The van der Waals surface area contributed by atoms with Crippen molar-refractivity contribution >= 4 is 24.7 Å². The van der Waals surface area contributed by atoms with Gasteiger partial charge in [-0.05, 0) is 49.1 Å². The molecule has 3 heterocycles. The first kappa shape index (κ1) is 25.4. The first-order valence-corrected chi connectivity index (χ1v) is 17.0. The van der Waals surface area contributed by atoms with Crippen LogP contribution in [0.3, 0.4) is 0 Å². The van der Waals surface area contributed by atoms with Crippen molar-refractivity contribution in [2.45, 2.75) is 64.2 Å². The van der Waals surface area contributed by atoms with Gasteiger partial charge < -0.3 is 0 Å². The number of benzene rings is 2. The molecule has 2 unspecified atom stereocenters. The molecule has 37 heavy (non-hydrogen) atoms. The van der Waals surface area contributed by atoms with E-state index < -0.39 is 8.07 Å². The highest BCUT2D eigenvalue weighted by molar-refractivity contribution is 6.89. The van der Waals surface area contributed by atoms with E-state index >= 15 is 0 Å². The number of aromatic nitrogens is 1. The third-order valence-electron chi connectivity index (χ3n) is 7.96. The summed E-state index contributed by atoms with van der Waals surface area (Å²) in [7, 11) is -1.64. The predicted molar refractivity (Wildman–Crippen MR) is 161 cm³/mol. The molecule has 0 aliphatic carbocycles. The van der Waals surface area contributed by atoms with Crippen LogP contribution in [0.2, 0.25) is 19.6 Å². The van der Waals surface area contributed by atoms with E-state index in [9.17, 15) is 0 Å². The van der Waals surface area contributed by atoms with Crippen LogP contribution in [-0.4, -0.2) is 19.8 Å². The zero-order valence-corrected chi connectivity index (χ0v) is 23.8. The number of pyridine rings is 1. The predicted octanol–water partition coefficient (Wildman–Crippen LogP) is 7.47. The van der Waals surface area contributed by atoms with Crippen LogP contribution in [0.1, 0.15) is 48.9 Å². The Bertz CT molecular complexity index is 1410. The van der Waals surface area contributed by atoms with Gasteiger partial charge in [-0.25, -0.2) is 0 Å². The lowest BCUT2D eigenvalue weighted by Crippen LogP contribution is -2.48. The van der Waals surface area contributed by atoms with Crippen LogP contribution < -0.4 is 9.75 Å². The van der Waals surface area contributed by atoms with E-state index in [1.807, 2.05) is 6.08 Å². The Morgan fingerprint density at radius 3 is 2.46 bits per heavy atom. The number of aliphatic imine (C=N–C) groups is 1. The van der Waals surface area contributed by atoms with E-state index in [1.165, 1.54) is 38.7 Å². The normalized spacial score (nSPS) is 19.9. The zero-order valence-electron chi connectivity index (χ0n) is 22.8. The van der Waals surface area contributed by atoms with Crippen molar-refractivity contribution in [2.75, 3.05) is 0 Å². The molecule has 0 spiro atoms. The molecule has 3 aromatic rings. The van der Waals surface area contributed by atoms with Crippen molar-refractivity contribution in [1.82, 2.24) is 0 Å². The third-order valence-corrected chi connectivity index (χ3v) is 9.97. The molecule has 1 aromatic heterocycles. The molecule has 0 bridgehead atoms. The van der Waals surface area contributed by atoms with E-state index in [1.54, 1.807) is 0 Å². The lowest BCUT2D eigenvalue weighted by Gasteiger charge is -2.31. The topological polar surface area (TPSA) is 16.2 Å². The highest BCUT2D eigenvalue weighted by atomic mass is 28.3. The molecule has 0 saturated carbocycles. The molecule has 3 heteroatoms. The fourth-order valence-corrected chi connectivity index (χ4v) is 7.44. The van der Waals surface area contributed by atoms with Gasteiger partial charge in [0.1, 0.15) is 0 Å². The van der Waals surface area contributed by atoms with Gasteiger partial charge >= 0.3 is 0 Å². The summed E-state index contributed by atoms with van der Waals surface area (Å²) in [5, 5.41) is 1.47. The van der Waals surface area contributed by atoms with Gasteiger partial charge in [0.05, 0.1) is 32.7 Å². The summed E-state index contributed by atoms with van der Waals surface area (Å²) < 4.78 is 2.40. The van der Waals surface area contributed by atoms with Gasteiger partial charge in [0.25, 0.3) is 0 Å². The van der Waals surface area contributed by atoms with Crippen LogP contribution in [0.5, 0.6) is 0 Å². The smallest absolute Gasteiger partial charge is 0.191 e. The third kappa shape index (κ3) is 5.10. The maximum absolute atomic E-state index is 5.27. The van der Waals surface area contributed by atoms with Crippen molar-refractivity contribution in [1.29, 1.82) is 0 Å². The Morgan fingerprint density at radius 1 is 1.00 bits per heavy atom. The summed E-state index contributed by atoms with van der Waals surface area (Å²) in [6, 6.07) is 22.2. The molecular formula is C34H39N2Si+. The molecule has 0 saturated heterocycles. The van der Waals surface area contributed by atoms with E-state index in [0.717, 1.165) is 37.1 Å². The summed E-state index contributed by atoms with van der Waals surface area (Å²) in [6.45, 7) is 18.4. The van der Waals surface area contributed by atoms with E-state index in [2.05, 4.69) is 117 Å². The van der Waals surface area contributed by atoms with Gasteiger partial charge in [0.15, 0.2) is 17.6 Å². The molecule has 0 N–H and O–H groups in total. The Hall–Kier alpha value is -3.30. The summed E-state index contributed by atoms with van der Waals surface area (Å²) >= 11 is 0. The molecule has 5 rings (SSSR count). The highest BCUT2D eigenvalue weighted by Gasteiger charge is 2.34. The van der Waals surface area contributed by atoms with Crippen molar-refractivity contribution in [3.63, 3.8) is 0 Å². The standard InChI is InChI=1S/C34H39N2Si/c1-7-32-29-16-12-11-15-28(29)30-20-18-24(2)17-19-27-22-31(26-13-9-8-10-14-26)34(37(4,5)6)23-36(27)25(3)21-33(30)35-32/h7-17,22-23,30,33H,1,3,18-21H2,2,4-6H3/q+1. The summed E-state index contributed by atoms with van der Waals surface area (Å²) in [5.41, 5.74) is 10.2. The second-order valence-electron chi connectivity index (χ2n) is 11.6. The van der Waals surface area contributed by atoms with Gasteiger partial charge in [-0.1, -0.05) is 92.5 Å². The Morgan fingerprint density at radius 2 is 1.73 bits per heavy atom. The second-order valence-corrected chi connectivity index (χ2v) is 16.7. The monoisotopic (exact) mass is 503 g/mol. The number of allylic oxidation sites excluding steroid dienone is 3. The van der Waals surface area contributed by atoms with Crippen molar-refractivity contribution in [2.24, 2.45) is 4.99 Å². The largest absolute Gasteiger partial charge is 0.280 e. The molecule has 0 radical (unpaired) electrons. The minimum absolute atomic E-state index is 0.158. The average Bonchev–Trinajstić information content (AvgIpc) is 2.91. The van der Waals surface area contributed by atoms with Gasteiger partial charge in [-0.15, -0.1) is 0 Å². The highest BCUT2D eigenvalue weighted by Crippen LogP contribution is 2.38. The lowest BCUT2D eigenvalue weighted by atomic mass is 9.79. The van der Waals surface area contributed by atoms with Gasteiger partial charge in [0, 0.05) is 22.7 Å². The van der Waals surface area contributed by atoms with Crippen LogP contribution >= 0.6 is 0 Å². The van der Waals surface area contributed by atoms with E-state index in [4.69, 9.17) is 4.99 Å². The maximum Gasteiger partial charge on any atom is 0.191 e. The van der Waals surface area contributed by atoms with Crippen molar-refractivity contribution in [3.8, 4) is 11.1 Å². The molecular weight excluding hydrogens is 464 g/mol.